The van der Waals surface area contributed by atoms with Crippen LogP contribution in [0.15, 0.2) is 42.5 Å². The van der Waals surface area contributed by atoms with Crippen LogP contribution in [0.25, 0.3) is 21.9 Å². The SMILES string of the molecule is Cc1ccc2c(-c3ccc(O)cc3)c(C)c(C)c(O)c2c1. The maximum Gasteiger partial charge on any atom is 0.126 e. The minimum Gasteiger partial charge on any atom is -0.508 e. The summed E-state index contributed by atoms with van der Waals surface area (Å²) < 4.78 is 0. The Balaban J connectivity index is 2.44. The zero-order valence-electron chi connectivity index (χ0n) is 12.4. The van der Waals surface area contributed by atoms with Gasteiger partial charge in [0.2, 0.25) is 0 Å². The predicted octanol–water partition coefficient (Wildman–Crippen LogP) is 4.84. The Morgan fingerprint density at radius 1 is 0.714 bits per heavy atom. The maximum absolute atomic E-state index is 10.4. The molecule has 0 radical (unpaired) electrons. The van der Waals surface area contributed by atoms with Crippen molar-refractivity contribution >= 4 is 10.8 Å². The lowest BCUT2D eigenvalue weighted by Crippen LogP contribution is -1.92. The molecule has 0 saturated carbocycles. The lowest BCUT2D eigenvalue weighted by Gasteiger charge is -2.16. The highest BCUT2D eigenvalue weighted by atomic mass is 16.3. The van der Waals surface area contributed by atoms with E-state index in [9.17, 15) is 10.2 Å². The lowest BCUT2D eigenvalue weighted by atomic mass is 9.89. The van der Waals surface area contributed by atoms with E-state index in [4.69, 9.17) is 0 Å². The molecule has 0 bridgehead atoms. The van der Waals surface area contributed by atoms with Crippen LogP contribution in [0.4, 0.5) is 0 Å². The van der Waals surface area contributed by atoms with Gasteiger partial charge in [-0.3, -0.25) is 0 Å². The molecule has 3 rings (SSSR count). The molecule has 0 unspecified atom stereocenters. The lowest BCUT2D eigenvalue weighted by molar-refractivity contribution is 0.475. The number of fused-ring (bicyclic) bond motifs is 1. The van der Waals surface area contributed by atoms with Crippen molar-refractivity contribution < 1.29 is 10.2 Å². The molecule has 0 aliphatic rings. The van der Waals surface area contributed by atoms with E-state index in [2.05, 4.69) is 12.1 Å². The van der Waals surface area contributed by atoms with Gasteiger partial charge < -0.3 is 10.2 Å². The third-order valence-corrected chi connectivity index (χ3v) is 4.15. The molecule has 0 aliphatic heterocycles. The van der Waals surface area contributed by atoms with Gasteiger partial charge in [0.1, 0.15) is 11.5 Å². The van der Waals surface area contributed by atoms with Crippen molar-refractivity contribution in [1.29, 1.82) is 0 Å². The van der Waals surface area contributed by atoms with Crippen molar-refractivity contribution in [3.8, 4) is 22.6 Å². The zero-order valence-corrected chi connectivity index (χ0v) is 12.4. The Morgan fingerprint density at radius 3 is 2.05 bits per heavy atom. The fraction of sp³-hybridized carbons (Fsp3) is 0.158. The number of benzene rings is 3. The Bertz CT molecular complexity index is 831. The van der Waals surface area contributed by atoms with Gasteiger partial charge in [0, 0.05) is 5.39 Å². The van der Waals surface area contributed by atoms with Crippen LogP contribution >= 0.6 is 0 Å². The molecule has 106 valence electrons. The number of hydrogen-bond donors (Lipinski definition) is 2. The second kappa shape index (κ2) is 4.81. The Morgan fingerprint density at radius 2 is 1.38 bits per heavy atom. The number of rotatable bonds is 1. The Hall–Kier alpha value is -2.48. The van der Waals surface area contributed by atoms with Gasteiger partial charge in [-0.15, -0.1) is 0 Å². The molecular formula is C19H18O2. The fourth-order valence-corrected chi connectivity index (χ4v) is 2.84. The summed E-state index contributed by atoms with van der Waals surface area (Å²) in [7, 11) is 0. The van der Waals surface area contributed by atoms with E-state index >= 15 is 0 Å². The summed E-state index contributed by atoms with van der Waals surface area (Å²) in [6.07, 6.45) is 0. The number of aromatic hydroxyl groups is 2. The quantitative estimate of drug-likeness (QED) is 0.668. The molecule has 0 heterocycles. The van der Waals surface area contributed by atoms with Crippen molar-refractivity contribution in [1.82, 2.24) is 0 Å². The number of phenols is 2. The van der Waals surface area contributed by atoms with E-state index in [1.807, 2.05) is 39.0 Å². The highest BCUT2D eigenvalue weighted by Gasteiger charge is 2.15. The molecule has 0 aliphatic carbocycles. The van der Waals surface area contributed by atoms with Gasteiger partial charge in [-0.25, -0.2) is 0 Å². The molecule has 0 saturated heterocycles. The Labute approximate surface area is 124 Å². The second-order valence-electron chi connectivity index (χ2n) is 5.57. The second-order valence-corrected chi connectivity index (χ2v) is 5.57. The van der Waals surface area contributed by atoms with E-state index in [-0.39, 0.29) is 5.75 Å². The van der Waals surface area contributed by atoms with Crippen LogP contribution in [-0.4, -0.2) is 10.2 Å². The first kappa shape index (κ1) is 13.5. The smallest absolute Gasteiger partial charge is 0.126 e. The van der Waals surface area contributed by atoms with Crippen LogP contribution in [0.2, 0.25) is 0 Å². The summed E-state index contributed by atoms with van der Waals surface area (Å²) in [5, 5.41) is 21.8. The van der Waals surface area contributed by atoms with Crippen molar-refractivity contribution in [2.75, 3.05) is 0 Å². The first-order chi connectivity index (χ1) is 9.99. The highest BCUT2D eigenvalue weighted by molar-refractivity contribution is 6.03. The minimum absolute atomic E-state index is 0.257. The van der Waals surface area contributed by atoms with Crippen LogP contribution in [0.1, 0.15) is 16.7 Å². The average molecular weight is 278 g/mol. The van der Waals surface area contributed by atoms with Gasteiger partial charge in [0.05, 0.1) is 0 Å². The Kier molecular flexibility index (Phi) is 3.09. The van der Waals surface area contributed by atoms with E-state index in [1.165, 1.54) is 0 Å². The largest absolute Gasteiger partial charge is 0.508 e. The van der Waals surface area contributed by atoms with Gasteiger partial charge >= 0.3 is 0 Å². The molecular weight excluding hydrogens is 260 g/mol. The first-order valence-corrected chi connectivity index (χ1v) is 7.01. The molecule has 0 atom stereocenters. The molecule has 21 heavy (non-hydrogen) atoms. The number of phenolic OH excluding ortho intramolecular Hbond substituents is 2. The van der Waals surface area contributed by atoms with E-state index < -0.39 is 0 Å². The summed E-state index contributed by atoms with van der Waals surface area (Å²) in [4.78, 5) is 0. The van der Waals surface area contributed by atoms with Gasteiger partial charge in [0.15, 0.2) is 0 Å². The molecule has 0 fully saturated rings. The van der Waals surface area contributed by atoms with Crippen LogP contribution < -0.4 is 0 Å². The van der Waals surface area contributed by atoms with Gasteiger partial charge in [0.25, 0.3) is 0 Å². The van der Waals surface area contributed by atoms with Gasteiger partial charge in [-0.1, -0.05) is 29.8 Å². The minimum atomic E-state index is 0.257. The zero-order chi connectivity index (χ0) is 15.1. The molecule has 0 spiro atoms. The average Bonchev–Trinajstić information content (AvgIpc) is 2.48. The van der Waals surface area contributed by atoms with Crippen molar-refractivity contribution in [3.63, 3.8) is 0 Å². The van der Waals surface area contributed by atoms with E-state index in [0.717, 1.165) is 38.6 Å². The highest BCUT2D eigenvalue weighted by Crippen LogP contribution is 2.40. The van der Waals surface area contributed by atoms with E-state index in [0.29, 0.717) is 5.75 Å². The number of aryl methyl sites for hydroxylation is 1. The topological polar surface area (TPSA) is 40.5 Å². The molecule has 3 aromatic carbocycles. The summed E-state index contributed by atoms with van der Waals surface area (Å²) in [5.41, 5.74) is 5.24. The summed E-state index contributed by atoms with van der Waals surface area (Å²) in [6.45, 7) is 5.99. The van der Waals surface area contributed by atoms with Crippen molar-refractivity contribution in [2.45, 2.75) is 20.8 Å². The monoisotopic (exact) mass is 278 g/mol. The summed E-state index contributed by atoms with van der Waals surface area (Å²) >= 11 is 0. The van der Waals surface area contributed by atoms with E-state index in [1.54, 1.807) is 12.1 Å². The number of hydrogen-bond acceptors (Lipinski definition) is 2. The standard InChI is InChI=1S/C19H18O2/c1-11-4-9-16-17(10-11)19(21)13(3)12(2)18(16)14-5-7-15(20)8-6-14/h4-10,20-21H,1-3H3. The summed E-state index contributed by atoms with van der Waals surface area (Å²) in [5.74, 6) is 0.612. The van der Waals surface area contributed by atoms with Crippen molar-refractivity contribution in [3.05, 3.63) is 59.2 Å². The molecule has 2 nitrogen and oxygen atoms in total. The van der Waals surface area contributed by atoms with Crippen LogP contribution in [0.3, 0.4) is 0 Å². The van der Waals surface area contributed by atoms with Crippen molar-refractivity contribution in [2.24, 2.45) is 0 Å². The third kappa shape index (κ3) is 2.13. The van der Waals surface area contributed by atoms with Gasteiger partial charge in [-0.2, -0.15) is 0 Å². The fourth-order valence-electron chi connectivity index (χ4n) is 2.84. The third-order valence-electron chi connectivity index (χ3n) is 4.15. The molecule has 2 heteroatoms. The van der Waals surface area contributed by atoms with Crippen LogP contribution in [0.5, 0.6) is 11.5 Å². The maximum atomic E-state index is 10.4. The van der Waals surface area contributed by atoms with Crippen LogP contribution in [-0.2, 0) is 0 Å². The molecule has 0 aromatic heterocycles. The van der Waals surface area contributed by atoms with Crippen LogP contribution in [0, 0.1) is 20.8 Å². The first-order valence-electron chi connectivity index (χ1n) is 7.01. The molecule has 0 amide bonds. The molecule has 2 N–H and O–H groups in total. The predicted molar refractivity (Wildman–Crippen MR) is 86.9 cm³/mol. The van der Waals surface area contributed by atoms with Gasteiger partial charge in [-0.05, 0) is 66.6 Å². The normalized spacial score (nSPS) is 11.0. The molecule has 3 aromatic rings. The summed E-state index contributed by atoms with van der Waals surface area (Å²) in [6, 6.07) is 13.3.